The molecule has 1 aromatic rings. The molecule has 0 aliphatic heterocycles. The summed E-state index contributed by atoms with van der Waals surface area (Å²) in [6, 6.07) is 0.173. The van der Waals surface area contributed by atoms with E-state index in [1.807, 2.05) is 6.26 Å². The fraction of sp³-hybridized carbons (Fsp3) is 0.636. The number of hydrogen-bond acceptors (Lipinski definition) is 4. The Morgan fingerprint density at radius 1 is 1.65 bits per heavy atom. The molecule has 0 fully saturated rings. The van der Waals surface area contributed by atoms with E-state index in [0.29, 0.717) is 17.1 Å². The first kappa shape index (κ1) is 13.9. The zero-order valence-corrected chi connectivity index (χ0v) is 11.6. The van der Waals surface area contributed by atoms with Crippen molar-refractivity contribution in [1.82, 2.24) is 15.1 Å². The van der Waals surface area contributed by atoms with Gasteiger partial charge in [0.1, 0.15) is 5.69 Å². The highest BCUT2D eigenvalue weighted by atomic mass is 32.2. The van der Waals surface area contributed by atoms with Crippen molar-refractivity contribution in [3.8, 4) is 0 Å². The summed E-state index contributed by atoms with van der Waals surface area (Å²) in [5.74, 6) is 0.755. The minimum Gasteiger partial charge on any atom is -0.395 e. The van der Waals surface area contributed by atoms with Crippen molar-refractivity contribution in [2.45, 2.75) is 26.3 Å². The number of aryl methyl sites for hydroxylation is 2. The lowest BCUT2D eigenvalue weighted by atomic mass is 10.2. The number of nitrogens with zero attached hydrogens (tertiary/aromatic N) is 2. The average molecular weight is 256 g/mol. The molecule has 1 atom stereocenters. The van der Waals surface area contributed by atoms with Crippen LogP contribution in [0.2, 0.25) is 0 Å². The Kier molecular flexibility index (Phi) is 4.86. The van der Waals surface area contributed by atoms with Gasteiger partial charge in [0.05, 0.1) is 11.4 Å². The van der Waals surface area contributed by atoms with Crippen molar-refractivity contribution in [3.63, 3.8) is 0 Å². The molecule has 3 N–H and O–H groups in total. The van der Waals surface area contributed by atoms with Crippen LogP contribution in [0.1, 0.15) is 29.5 Å². The number of carbonyl (C=O) groups excluding carboxylic acids is 1. The summed E-state index contributed by atoms with van der Waals surface area (Å²) in [5, 5.41) is 7.11. The number of amides is 1. The summed E-state index contributed by atoms with van der Waals surface area (Å²) >= 11 is 1.72. The van der Waals surface area contributed by atoms with Crippen molar-refractivity contribution >= 4 is 23.4 Å². The Hall–Kier alpha value is -1.17. The number of anilines is 1. The zero-order chi connectivity index (χ0) is 13.0. The van der Waals surface area contributed by atoms with Crippen LogP contribution in [0.5, 0.6) is 0 Å². The number of aromatic nitrogens is 2. The van der Waals surface area contributed by atoms with Gasteiger partial charge in [-0.05, 0) is 19.6 Å². The molecule has 0 aliphatic rings. The van der Waals surface area contributed by atoms with Crippen LogP contribution in [0.15, 0.2) is 0 Å². The molecule has 96 valence electrons. The molecule has 0 radical (unpaired) electrons. The molecule has 6 heteroatoms. The highest BCUT2D eigenvalue weighted by Gasteiger charge is 2.19. The van der Waals surface area contributed by atoms with E-state index < -0.39 is 0 Å². The maximum absolute atomic E-state index is 12.1. The third kappa shape index (κ3) is 3.15. The monoisotopic (exact) mass is 256 g/mol. The summed E-state index contributed by atoms with van der Waals surface area (Å²) in [5.41, 5.74) is 7.44. The van der Waals surface area contributed by atoms with E-state index in [-0.39, 0.29) is 11.9 Å². The van der Waals surface area contributed by atoms with Crippen LogP contribution in [-0.4, -0.2) is 33.7 Å². The van der Waals surface area contributed by atoms with E-state index >= 15 is 0 Å². The molecule has 0 saturated carbocycles. The van der Waals surface area contributed by atoms with Gasteiger partial charge >= 0.3 is 0 Å². The quantitative estimate of drug-likeness (QED) is 0.830. The third-order valence-electron chi connectivity index (χ3n) is 2.68. The number of hydrogen-bond donors (Lipinski definition) is 2. The van der Waals surface area contributed by atoms with Gasteiger partial charge in [-0.15, -0.1) is 0 Å². The highest BCUT2D eigenvalue weighted by Crippen LogP contribution is 2.15. The Morgan fingerprint density at radius 2 is 2.29 bits per heavy atom. The molecule has 0 saturated heterocycles. The second kappa shape index (κ2) is 5.95. The second-order valence-electron chi connectivity index (χ2n) is 4.01. The van der Waals surface area contributed by atoms with Gasteiger partial charge in [-0.2, -0.15) is 16.9 Å². The fourth-order valence-electron chi connectivity index (χ4n) is 1.66. The number of rotatable bonds is 5. The van der Waals surface area contributed by atoms with E-state index in [4.69, 9.17) is 5.73 Å². The molecule has 1 rings (SSSR count). The lowest BCUT2D eigenvalue weighted by Crippen LogP contribution is -2.37. The third-order valence-corrected chi connectivity index (χ3v) is 3.42. The van der Waals surface area contributed by atoms with Gasteiger partial charge in [0, 0.05) is 18.8 Å². The molecule has 0 aliphatic carbocycles. The largest absolute Gasteiger partial charge is 0.395 e. The van der Waals surface area contributed by atoms with Crippen LogP contribution in [-0.2, 0) is 7.05 Å². The van der Waals surface area contributed by atoms with Crippen LogP contribution in [0.3, 0.4) is 0 Å². The predicted molar refractivity (Wildman–Crippen MR) is 72.3 cm³/mol. The van der Waals surface area contributed by atoms with Gasteiger partial charge in [0.15, 0.2) is 0 Å². The highest BCUT2D eigenvalue weighted by molar-refractivity contribution is 7.98. The molecule has 5 nitrogen and oxygen atoms in total. The van der Waals surface area contributed by atoms with Gasteiger partial charge in [0.25, 0.3) is 5.91 Å². The van der Waals surface area contributed by atoms with Crippen LogP contribution < -0.4 is 11.1 Å². The normalized spacial score (nSPS) is 12.5. The van der Waals surface area contributed by atoms with E-state index in [2.05, 4.69) is 17.3 Å². The summed E-state index contributed by atoms with van der Waals surface area (Å²) in [4.78, 5) is 12.1. The molecular weight excluding hydrogens is 236 g/mol. The summed E-state index contributed by atoms with van der Waals surface area (Å²) in [7, 11) is 1.73. The van der Waals surface area contributed by atoms with Gasteiger partial charge in [0.2, 0.25) is 0 Å². The van der Waals surface area contributed by atoms with Crippen molar-refractivity contribution in [2.24, 2.45) is 7.05 Å². The fourth-order valence-corrected chi connectivity index (χ4v) is 2.38. The second-order valence-corrected chi connectivity index (χ2v) is 4.92. The van der Waals surface area contributed by atoms with Crippen LogP contribution in [0, 0.1) is 6.92 Å². The van der Waals surface area contributed by atoms with Gasteiger partial charge < -0.3 is 11.1 Å². The topological polar surface area (TPSA) is 72.9 Å². The maximum Gasteiger partial charge on any atom is 0.271 e. The smallest absolute Gasteiger partial charge is 0.271 e. The Morgan fingerprint density at radius 3 is 2.71 bits per heavy atom. The van der Waals surface area contributed by atoms with Crippen LogP contribution in [0.25, 0.3) is 0 Å². The minimum atomic E-state index is -0.147. The van der Waals surface area contributed by atoms with Gasteiger partial charge in [-0.25, -0.2) is 0 Å². The molecule has 0 aromatic carbocycles. The van der Waals surface area contributed by atoms with Crippen molar-refractivity contribution < 1.29 is 4.79 Å². The SMILES string of the molecule is CCC(CSC)NC(=O)c1c(N)c(C)nn1C. The van der Waals surface area contributed by atoms with E-state index in [0.717, 1.165) is 12.2 Å². The average Bonchev–Trinajstić information content (AvgIpc) is 2.52. The molecular formula is C11H20N4OS. The van der Waals surface area contributed by atoms with Crippen molar-refractivity contribution in [2.75, 3.05) is 17.7 Å². The number of nitrogens with two attached hydrogens (primary N) is 1. The first-order chi connectivity index (χ1) is 8.01. The molecule has 1 aromatic heterocycles. The lowest BCUT2D eigenvalue weighted by molar-refractivity contribution is 0.0931. The molecule has 0 bridgehead atoms. The first-order valence-corrected chi connectivity index (χ1v) is 6.99. The molecule has 1 heterocycles. The Balaban J connectivity index is 2.82. The number of nitrogen functional groups attached to an aromatic ring is 1. The number of carbonyl (C=O) groups is 1. The number of thioether (sulfide) groups is 1. The summed E-state index contributed by atoms with van der Waals surface area (Å²) in [6.45, 7) is 3.85. The van der Waals surface area contributed by atoms with Gasteiger partial charge in [-0.1, -0.05) is 6.92 Å². The molecule has 17 heavy (non-hydrogen) atoms. The van der Waals surface area contributed by atoms with Crippen molar-refractivity contribution in [1.29, 1.82) is 0 Å². The predicted octanol–water partition coefficient (Wildman–Crippen LogP) is 1.18. The standard InChI is InChI=1S/C11H20N4OS/c1-5-8(6-17-4)13-11(16)10-9(12)7(2)14-15(10)3/h8H,5-6,12H2,1-4H3,(H,13,16). The Labute approximate surface area is 106 Å². The summed E-state index contributed by atoms with van der Waals surface area (Å²) < 4.78 is 1.53. The van der Waals surface area contributed by atoms with E-state index in [1.165, 1.54) is 4.68 Å². The van der Waals surface area contributed by atoms with Crippen LogP contribution in [0.4, 0.5) is 5.69 Å². The van der Waals surface area contributed by atoms with E-state index in [1.54, 1.807) is 25.7 Å². The molecule has 1 amide bonds. The molecule has 1 unspecified atom stereocenters. The Bertz CT molecular complexity index is 402. The summed E-state index contributed by atoms with van der Waals surface area (Å²) in [6.07, 6.45) is 2.93. The molecule has 0 spiro atoms. The van der Waals surface area contributed by atoms with Gasteiger partial charge in [-0.3, -0.25) is 9.48 Å². The maximum atomic E-state index is 12.1. The zero-order valence-electron chi connectivity index (χ0n) is 10.8. The van der Waals surface area contributed by atoms with Crippen molar-refractivity contribution in [3.05, 3.63) is 11.4 Å². The first-order valence-electron chi connectivity index (χ1n) is 5.60. The lowest BCUT2D eigenvalue weighted by Gasteiger charge is -2.15. The van der Waals surface area contributed by atoms with E-state index in [9.17, 15) is 4.79 Å². The minimum absolute atomic E-state index is 0.147. The number of nitrogens with one attached hydrogen (secondary N) is 1. The van der Waals surface area contributed by atoms with Crippen LogP contribution >= 0.6 is 11.8 Å².